The number of carbonyl (C=O) groups is 1. The third kappa shape index (κ3) is 4.55. The molecule has 0 aliphatic heterocycles. The van der Waals surface area contributed by atoms with Crippen LogP contribution in [-0.2, 0) is 6.54 Å². The summed E-state index contributed by atoms with van der Waals surface area (Å²) in [6.45, 7) is 8.34. The maximum absolute atomic E-state index is 12.0. The van der Waals surface area contributed by atoms with Crippen LogP contribution in [0.3, 0.4) is 0 Å². The fourth-order valence-electron chi connectivity index (χ4n) is 2.13. The van der Waals surface area contributed by atoms with Gasteiger partial charge in [0, 0.05) is 18.7 Å². The number of rotatable bonds is 5. The molecule has 5 heteroatoms. The largest absolute Gasteiger partial charge is 0.366 e. The number of nitrogens with one attached hydrogen (secondary N) is 2. The highest BCUT2D eigenvalue weighted by Crippen LogP contribution is 2.10. The van der Waals surface area contributed by atoms with Gasteiger partial charge < -0.3 is 10.6 Å². The minimum absolute atomic E-state index is 0.0754. The van der Waals surface area contributed by atoms with Gasteiger partial charge in [-0.3, -0.25) is 4.79 Å². The monoisotopic (exact) mass is 298 g/mol. The van der Waals surface area contributed by atoms with Crippen LogP contribution in [0.1, 0.15) is 41.3 Å². The Hall–Kier alpha value is -2.43. The first kappa shape index (κ1) is 15.9. The molecule has 1 amide bonds. The highest BCUT2D eigenvalue weighted by atomic mass is 16.1. The zero-order chi connectivity index (χ0) is 16.1. The van der Waals surface area contributed by atoms with Crippen LogP contribution in [0.5, 0.6) is 0 Å². The van der Waals surface area contributed by atoms with Gasteiger partial charge in [-0.1, -0.05) is 29.8 Å². The summed E-state index contributed by atoms with van der Waals surface area (Å²) in [5, 5.41) is 6.08. The number of aryl methyl sites for hydroxylation is 2. The summed E-state index contributed by atoms with van der Waals surface area (Å²) in [5.74, 6) is 1.05. The first-order chi connectivity index (χ1) is 10.4. The van der Waals surface area contributed by atoms with E-state index in [1.807, 2.05) is 19.9 Å². The molecule has 0 atom stereocenters. The lowest BCUT2D eigenvalue weighted by Crippen LogP contribution is -2.31. The summed E-state index contributed by atoms with van der Waals surface area (Å²) in [6.07, 6.45) is 0. The van der Waals surface area contributed by atoms with Crippen LogP contribution in [0.25, 0.3) is 0 Å². The second-order valence-corrected chi connectivity index (χ2v) is 5.66. The molecule has 5 nitrogen and oxygen atoms in total. The zero-order valence-electron chi connectivity index (χ0n) is 13.5. The van der Waals surface area contributed by atoms with E-state index in [1.54, 1.807) is 13.0 Å². The van der Waals surface area contributed by atoms with Gasteiger partial charge in [-0.25, -0.2) is 9.97 Å². The number of amides is 1. The molecule has 1 heterocycles. The van der Waals surface area contributed by atoms with Crippen molar-refractivity contribution in [3.8, 4) is 0 Å². The molecule has 1 aromatic heterocycles. The lowest BCUT2D eigenvalue weighted by molar-refractivity contribution is 0.0937. The van der Waals surface area contributed by atoms with Crippen LogP contribution in [0, 0.1) is 13.8 Å². The molecule has 0 spiro atoms. The van der Waals surface area contributed by atoms with E-state index in [1.165, 1.54) is 11.1 Å². The van der Waals surface area contributed by atoms with Gasteiger partial charge in [0.2, 0.25) is 0 Å². The molecule has 0 aliphatic rings. The van der Waals surface area contributed by atoms with Crippen molar-refractivity contribution < 1.29 is 4.79 Å². The molecule has 0 bridgehead atoms. The highest BCUT2D eigenvalue weighted by Gasteiger charge is 2.11. The van der Waals surface area contributed by atoms with E-state index >= 15 is 0 Å². The number of hydrogen-bond acceptors (Lipinski definition) is 4. The molecular formula is C17H22N4O. The van der Waals surface area contributed by atoms with Crippen LogP contribution >= 0.6 is 0 Å². The standard InChI is InChI=1S/C17H22N4O/c1-11(2)19-17(22)15-9-16(21-13(4)20-15)18-10-14-7-5-6-12(3)8-14/h5-9,11H,10H2,1-4H3,(H,19,22)(H,18,20,21). The molecule has 2 aromatic rings. The summed E-state index contributed by atoms with van der Waals surface area (Å²) < 4.78 is 0. The van der Waals surface area contributed by atoms with Crippen molar-refractivity contribution in [1.29, 1.82) is 0 Å². The molecular weight excluding hydrogens is 276 g/mol. The zero-order valence-corrected chi connectivity index (χ0v) is 13.5. The van der Waals surface area contributed by atoms with Gasteiger partial charge in [0.25, 0.3) is 5.91 Å². The number of hydrogen-bond donors (Lipinski definition) is 2. The van der Waals surface area contributed by atoms with Crippen molar-refractivity contribution >= 4 is 11.7 Å². The predicted molar refractivity (Wildman–Crippen MR) is 87.9 cm³/mol. The Kier molecular flexibility index (Phi) is 5.09. The van der Waals surface area contributed by atoms with E-state index in [0.29, 0.717) is 23.9 Å². The highest BCUT2D eigenvalue weighted by molar-refractivity contribution is 5.93. The lowest BCUT2D eigenvalue weighted by Gasteiger charge is -2.11. The topological polar surface area (TPSA) is 66.9 Å². The first-order valence-electron chi connectivity index (χ1n) is 7.40. The van der Waals surface area contributed by atoms with Crippen LogP contribution in [0.2, 0.25) is 0 Å². The van der Waals surface area contributed by atoms with Gasteiger partial charge in [-0.05, 0) is 33.3 Å². The second kappa shape index (κ2) is 7.02. The predicted octanol–water partition coefficient (Wildman–Crippen LogP) is 2.84. The molecule has 116 valence electrons. The second-order valence-electron chi connectivity index (χ2n) is 5.66. The Morgan fingerprint density at radius 3 is 2.64 bits per heavy atom. The van der Waals surface area contributed by atoms with E-state index in [-0.39, 0.29) is 11.9 Å². The fraction of sp³-hybridized carbons (Fsp3) is 0.353. The summed E-state index contributed by atoms with van der Waals surface area (Å²) in [4.78, 5) is 20.6. The Morgan fingerprint density at radius 1 is 1.18 bits per heavy atom. The average Bonchev–Trinajstić information content (AvgIpc) is 2.44. The molecule has 2 N–H and O–H groups in total. The van der Waals surface area contributed by atoms with Crippen LogP contribution in [0.4, 0.5) is 5.82 Å². The number of carbonyl (C=O) groups excluding carboxylic acids is 1. The first-order valence-corrected chi connectivity index (χ1v) is 7.40. The van der Waals surface area contributed by atoms with E-state index in [2.05, 4.69) is 45.7 Å². The molecule has 0 unspecified atom stereocenters. The van der Waals surface area contributed by atoms with Gasteiger partial charge in [-0.2, -0.15) is 0 Å². The van der Waals surface area contributed by atoms with Crippen molar-refractivity contribution in [3.05, 3.63) is 53.0 Å². The van der Waals surface area contributed by atoms with Gasteiger partial charge in [0.05, 0.1) is 0 Å². The maximum Gasteiger partial charge on any atom is 0.270 e. The van der Waals surface area contributed by atoms with Crippen molar-refractivity contribution in [2.75, 3.05) is 5.32 Å². The van der Waals surface area contributed by atoms with Crippen LogP contribution in [0.15, 0.2) is 30.3 Å². The quantitative estimate of drug-likeness (QED) is 0.890. The molecule has 0 aliphatic carbocycles. The van der Waals surface area contributed by atoms with Gasteiger partial charge in [0.1, 0.15) is 17.3 Å². The third-order valence-corrected chi connectivity index (χ3v) is 3.05. The average molecular weight is 298 g/mol. The summed E-state index contributed by atoms with van der Waals surface area (Å²) >= 11 is 0. The number of nitrogens with zero attached hydrogens (tertiary/aromatic N) is 2. The van der Waals surface area contributed by atoms with Crippen LogP contribution < -0.4 is 10.6 Å². The Labute approximate surface area is 131 Å². The Balaban J connectivity index is 2.11. The molecule has 0 radical (unpaired) electrons. The van der Waals surface area contributed by atoms with Crippen molar-refractivity contribution in [2.24, 2.45) is 0 Å². The lowest BCUT2D eigenvalue weighted by atomic mass is 10.1. The molecule has 1 aromatic carbocycles. The van der Waals surface area contributed by atoms with E-state index in [9.17, 15) is 4.79 Å². The molecule has 0 saturated heterocycles. The number of anilines is 1. The minimum Gasteiger partial charge on any atom is -0.366 e. The third-order valence-electron chi connectivity index (χ3n) is 3.05. The van der Waals surface area contributed by atoms with E-state index < -0.39 is 0 Å². The molecule has 0 fully saturated rings. The van der Waals surface area contributed by atoms with Crippen molar-refractivity contribution in [1.82, 2.24) is 15.3 Å². The van der Waals surface area contributed by atoms with E-state index in [0.717, 1.165) is 0 Å². The Morgan fingerprint density at radius 2 is 1.95 bits per heavy atom. The van der Waals surface area contributed by atoms with Crippen molar-refractivity contribution in [3.63, 3.8) is 0 Å². The van der Waals surface area contributed by atoms with Gasteiger partial charge >= 0.3 is 0 Å². The van der Waals surface area contributed by atoms with Crippen molar-refractivity contribution in [2.45, 2.75) is 40.3 Å². The minimum atomic E-state index is -0.181. The van der Waals surface area contributed by atoms with E-state index in [4.69, 9.17) is 0 Å². The van der Waals surface area contributed by atoms with Crippen LogP contribution in [-0.4, -0.2) is 21.9 Å². The maximum atomic E-state index is 12.0. The SMILES string of the molecule is Cc1cccc(CNc2cc(C(=O)NC(C)C)nc(C)n2)c1. The Bertz CT molecular complexity index is 667. The number of benzene rings is 1. The van der Waals surface area contributed by atoms with Gasteiger partial charge in [0.15, 0.2) is 0 Å². The summed E-state index contributed by atoms with van der Waals surface area (Å²) in [6, 6.07) is 10.0. The fourth-order valence-corrected chi connectivity index (χ4v) is 2.13. The summed E-state index contributed by atoms with van der Waals surface area (Å²) in [7, 11) is 0. The molecule has 2 rings (SSSR count). The normalized spacial score (nSPS) is 10.6. The molecule has 22 heavy (non-hydrogen) atoms. The smallest absolute Gasteiger partial charge is 0.270 e. The summed E-state index contributed by atoms with van der Waals surface area (Å²) in [5.41, 5.74) is 2.77. The molecule has 0 saturated carbocycles. The van der Waals surface area contributed by atoms with Gasteiger partial charge in [-0.15, -0.1) is 0 Å². The number of aromatic nitrogens is 2.